The zero-order valence-corrected chi connectivity index (χ0v) is 51.6. The fourth-order valence-corrected chi connectivity index (χ4v) is 9.96. The molecule has 0 aliphatic carbocycles. The Bertz CT molecular complexity index is 1950. The van der Waals surface area contributed by atoms with Crippen LogP contribution < -0.4 is 21.3 Å². The van der Waals surface area contributed by atoms with Crippen molar-refractivity contribution in [2.24, 2.45) is 29.6 Å². The molecular formula is C63H115N11. The summed E-state index contributed by atoms with van der Waals surface area (Å²) in [5, 5.41) is 15.1. The molecular weight excluding hydrogens is 911 g/mol. The molecule has 0 spiro atoms. The second kappa shape index (κ2) is 30.5. The van der Waals surface area contributed by atoms with Gasteiger partial charge in [0.1, 0.15) is 0 Å². The van der Waals surface area contributed by atoms with Crippen LogP contribution in [0.5, 0.6) is 0 Å². The molecule has 0 radical (unpaired) electrons. The van der Waals surface area contributed by atoms with E-state index >= 15 is 0 Å². The molecule has 11 nitrogen and oxygen atoms in total. The van der Waals surface area contributed by atoms with E-state index in [0.29, 0.717) is 43.3 Å². The van der Waals surface area contributed by atoms with Crippen molar-refractivity contribution in [1.82, 2.24) is 55.6 Å². The lowest BCUT2D eigenvalue weighted by molar-refractivity contribution is 0.188. The summed E-state index contributed by atoms with van der Waals surface area (Å²) in [6.45, 7) is 82.2. The molecule has 1 rings (SSSR count). The Kier molecular flexibility index (Phi) is 27.6. The van der Waals surface area contributed by atoms with E-state index in [0.717, 1.165) is 94.8 Å². The highest BCUT2D eigenvalue weighted by molar-refractivity contribution is 5.23. The maximum atomic E-state index is 4.82. The second-order valence-electron chi connectivity index (χ2n) is 24.1. The average molecular weight is 1030 g/mol. The molecule has 5 unspecified atom stereocenters. The van der Waals surface area contributed by atoms with Gasteiger partial charge in [-0.15, -0.1) is 0 Å². The molecule has 0 amide bonds. The van der Waals surface area contributed by atoms with Gasteiger partial charge in [0.2, 0.25) is 0 Å². The maximum Gasteiger partial charge on any atom is 0.0681 e. The number of hydrogen-bond acceptors (Lipinski definition) is 11. The highest BCUT2D eigenvalue weighted by Gasteiger charge is 2.33. The minimum absolute atomic E-state index is 0.00324. The first-order valence-electron chi connectivity index (χ1n) is 27.7. The first-order chi connectivity index (χ1) is 34.1. The van der Waals surface area contributed by atoms with Gasteiger partial charge in [-0.25, -0.2) is 0 Å². The Labute approximate surface area is 457 Å². The van der Waals surface area contributed by atoms with Crippen molar-refractivity contribution in [2.45, 2.75) is 170 Å². The van der Waals surface area contributed by atoms with Crippen LogP contribution in [0.1, 0.15) is 122 Å². The summed E-state index contributed by atoms with van der Waals surface area (Å²) in [7, 11) is 14.9. The molecule has 11 heteroatoms. The summed E-state index contributed by atoms with van der Waals surface area (Å²) in [6, 6.07) is -0.366. The van der Waals surface area contributed by atoms with E-state index in [1.54, 1.807) is 0 Å². The molecule has 4 N–H and O–H groups in total. The third-order valence-electron chi connectivity index (χ3n) is 15.2. The average Bonchev–Trinajstić information content (AvgIpc) is 3.31. The van der Waals surface area contributed by atoms with Gasteiger partial charge in [-0.2, -0.15) is 0 Å². The maximum absolute atomic E-state index is 4.82. The van der Waals surface area contributed by atoms with Crippen LogP contribution in [-0.4, -0.2) is 152 Å². The van der Waals surface area contributed by atoms with Crippen LogP contribution in [0.2, 0.25) is 0 Å². The van der Waals surface area contributed by atoms with Crippen LogP contribution in [0.25, 0.3) is 0 Å². The van der Waals surface area contributed by atoms with Gasteiger partial charge in [-0.05, 0) is 75.5 Å². The summed E-state index contributed by atoms with van der Waals surface area (Å²) >= 11 is 0. The van der Waals surface area contributed by atoms with Crippen molar-refractivity contribution >= 4 is 0 Å². The van der Waals surface area contributed by atoms with Gasteiger partial charge in [-0.3, -0.25) is 0 Å². The normalized spacial score (nSPS) is 26.0. The Morgan fingerprint density at radius 1 is 0.405 bits per heavy atom. The fraction of sp³-hybridized carbons (Fsp3) is 0.651. The van der Waals surface area contributed by atoms with E-state index in [2.05, 4.69) is 241 Å². The molecule has 422 valence electrons. The molecule has 0 aromatic carbocycles. The predicted molar refractivity (Wildman–Crippen MR) is 327 cm³/mol. The third-order valence-corrected chi connectivity index (χ3v) is 15.2. The molecule has 0 saturated carbocycles. The molecule has 1 aliphatic rings. The minimum Gasteiger partial charge on any atom is -0.379 e. The molecule has 0 aromatic rings. The van der Waals surface area contributed by atoms with E-state index in [1.807, 2.05) is 0 Å². The van der Waals surface area contributed by atoms with E-state index in [1.165, 1.54) is 0 Å². The molecule has 74 heavy (non-hydrogen) atoms. The lowest BCUT2D eigenvalue weighted by atomic mass is 9.94. The first kappa shape index (κ1) is 67.0. The molecule has 1 saturated heterocycles. The lowest BCUT2D eigenvalue weighted by Gasteiger charge is -2.44. The zero-order valence-electron chi connectivity index (χ0n) is 51.6. The Hall–Kier alpha value is -5.06. The van der Waals surface area contributed by atoms with Crippen LogP contribution >= 0.6 is 0 Å². The largest absolute Gasteiger partial charge is 0.379 e. The number of likely N-dealkylation sites (N-methyl/N-ethyl adjacent to an activating group) is 7. The van der Waals surface area contributed by atoms with Crippen LogP contribution in [0.4, 0.5) is 0 Å². The Morgan fingerprint density at radius 2 is 0.797 bits per heavy atom. The van der Waals surface area contributed by atoms with Gasteiger partial charge in [-0.1, -0.05) is 149 Å². The summed E-state index contributed by atoms with van der Waals surface area (Å²) in [5.74, 6) is 1.89. The number of hydrogen-bond donors (Lipinski definition) is 4. The highest BCUT2D eigenvalue weighted by atomic mass is 15.3. The van der Waals surface area contributed by atoms with Gasteiger partial charge >= 0.3 is 0 Å². The van der Waals surface area contributed by atoms with Crippen LogP contribution in [0.3, 0.4) is 0 Å². The van der Waals surface area contributed by atoms with Crippen molar-refractivity contribution in [3.8, 4) is 0 Å². The fourth-order valence-electron chi connectivity index (χ4n) is 9.96. The van der Waals surface area contributed by atoms with E-state index in [-0.39, 0.29) is 54.3 Å². The van der Waals surface area contributed by atoms with Gasteiger partial charge in [0.05, 0.1) is 68.0 Å². The number of nitrogens with zero attached hydrogens (tertiary/aromatic N) is 7. The predicted octanol–water partition coefficient (Wildman–Crippen LogP) is 11.8. The van der Waals surface area contributed by atoms with E-state index in [4.69, 9.17) is 26.3 Å². The second-order valence-corrected chi connectivity index (χ2v) is 24.1. The van der Waals surface area contributed by atoms with E-state index in [9.17, 15) is 0 Å². The van der Waals surface area contributed by atoms with Gasteiger partial charge in [0, 0.05) is 112 Å². The van der Waals surface area contributed by atoms with Crippen molar-refractivity contribution < 1.29 is 0 Å². The number of rotatable bonds is 10. The Balaban J connectivity index is 3.91. The minimum atomic E-state index is -0.126. The third kappa shape index (κ3) is 19.9. The van der Waals surface area contributed by atoms with Crippen molar-refractivity contribution in [1.29, 1.82) is 0 Å². The zero-order chi connectivity index (χ0) is 57.4. The van der Waals surface area contributed by atoms with Crippen molar-refractivity contribution in [2.75, 3.05) is 69.0 Å². The SMILES string of the molecule is C=C1CN(C)C(=C)CN(C)C(=C)C(CC(C)C)N(C)C(=C)C(CC(C)C)N(C)C(=C)[C@@H](C)NC(=C)C(C)NC(=C)[C@H](CC(C)C)N(C)C(=C)C(C(C)C)NC(=C)C(CC(C)C)N(C)C(=C)CN(C)C(=C)[C@H](CC)N1. The topological polar surface area (TPSA) is 70.8 Å². The summed E-state index contributed by atoms with van der Waals surface area (Å²) in [4.78, 5) is 15.9. The summed E-state index contributed by atoms with van der Waals surface area (Å²) in [5.41, 5.74) is 10.6. The van der Waals surface area contributed by atoms with Crippen molar-refractivity contribution in [3.63, 3.8) is 0 Å². The number of nitrogens with one attached hydrogen (secondary N) is 4. The van der Waals surface area contributed by atoms with E-state index < -0.39 is 0 Å². The monoisotopic (exact) mass is 1030 g/mol. The molecule has 8 atom stereocenters. The van der Waals surface area contributed by atoms with Gasteiger partial charge in [0.15, 0.2) is 0 Å². The summed E-state index contributed by atoms with van der Waals surface area (Å²) < 4.78 is 0. The van der Waals surface area contributed by atoms with Crippen LogP contribution in [-0.2, 0) is 0 Å². The molecule has 0 aromatic heterocycles. The Morgan fingerprint density at radius 3 is 1.27 bits per heavy atom. The standard InChI is InChI=1S/C63H115N11/c1-32-58-54(21)69(26)39-47(14)71(28)59(33-40(2)3)52(19)67-63(44(10)11)57(24)74(31)60(34-41(4)5)51(18)66-49(16)48(15)65-50(17)53(20)72(29)62(36-43(8)9)56(23)73(30)61(35-42(6)7)55(22)70(27)38-46(13)68(25)37-45(12)64-58/h40-44,49-50,58-67H,12-15,18-24,32-39H2,1-11,16-17,25-31H3/t49?,50-,58+,59?,60+,61?,62?,63?/m1/s1. The van der Waals surface area contributed by atoms with Crippen molar-refractivity contribution in [3.05, 3.63) is 135 Å². The molecule has 1 aliphatic heterocycles. The molecule has 1 heterocycles. The highest BCUT2D eigenvalue weighted by Crippen LogP contribution is 2.31. The van der Waals surface area contributed by atoms with Crippen LogP contribution in [0.15, 0.2) is 135 Å². The lowest BCUT2D eigenvalue weighted by Crippen LogP contribution is -2.50. The van der Waals surface area contributed by atoms with Gasteiger partial charge in [0.25, 0.3) is 0 Å². The van der Waals surface area contributed by atoms with Gasteiger partial charge < -0.3 is 55.6 Å². The first-order valence-corrected chi connectivity index (χ1v) is 27.7. The van der Waals surface area contributed by atoms with Crippen LogP contribution in [0, 0.1) is 29.6 Å². The quantitative estimate of drug-likeness (QED) is 0.169. The summed E-state index contributed by atoms with van der Waals surface area (Å²) in [6.07, 6.45) is 4.46. The molecule has 1 fully saturated rings. The smallest absolute Gasteiger partial charge is 0.0681 e. The molecule has 0 bridgehead atoms.